The second-order valence-corrected chi connectivity index (χ2v) is 28.4. The lowest BCUT2D eigenvalue weighted by Gasteiger charge is -2.42. The SMILES string of the molecule is [2H]C([2H])([2H])c1cccc(C([2H])([2H])[2H])c1-c1cc2c(c(-c3c(C([2H])([2H])[2H])cccc3C([2H])([2H])[2H])c1)-[n+]1[c-]n(-c3cccc(Oc4ccc5c6ccccc6n(-c6cc(C(C)(C)C)ccn6)c5c4)c3)c3cc(-c4ccc(C(C)(C)C)cc4)cc(c31)-c1ccccc1-c1cc3c(cc1-2)C(C)(C)CCC3(C)C. The highest BCUT2D eigenvalue weighted by Crippen LogP contribution is 2.54. The van der Waals surface area contributed by atoms with Crippen molar-refractivity contribution in [3.8, 4) is 95.5 Å². The zero-order valence-corrected chi connectivity index (χ0v) is 53.2. The van der Waals surface area contributed by atoms with Crippen LogP contribution in [-0.2, 0) is 21.7 Å². The van der Waals surface area contributed by atoms with Crippen LogP contribution in [0.15, 0.2) is 206 Å². The summed E-state index contributed by atoms with van der Waals surface area (Å²) in [4.78, 5) is 4.94. The van der Waals surface area contributed by atoms with Gasteiger partial charge in [0, 0.05) is 39.5 Å². The summed E-state index contributed by atoms with van der Waals surface area (Å²) in [5, 5.41) is 2.10. The maximum absolute atomic E-state index is 9.37. The molecule has 0 amide bonds. The zero-order valence-electron chi connectivity index (χ0n) is 65.2. The molecule has 13 aromatic rings. The third kappa shape index (κ3) is 9.65. The minimum atomic E-state index is -2.94. The molecule has 5 heteroatoms. The molecule has 10 aromatic carbocycles. The Balaban J connectivity index is 1.10. The average molecular weight is 1200 g/mol. The minimum absolute atomic E-state index is 0.0923. The predicted molar refractivity (Wildman–Crippen MR) is 380 cm³/mol. The Labute approximate surface area is 554 Å². The van der Waals surface area contributed by atoms with E-state index in [1.54, 1.807) is 6.07 Å². The van der Waals surface area contributed by atoms with Gasteiger partial charge in [-0.3, -0.25) is 13.7 Å². The van der Waals surface area contributed by atoms with Gasteiger partial charge >= 0.3 is 0 Å². The van der Waals surface area contributed by atoms with Gasteiger partial charge in [0.25, 0.3) is 6.33 Å². The number of imidazole rings is 1. The van der Waals surface area contributed by atoms with Crippen LogP contribution in [0.1, 0.15) is 143 Å². The van der Waals surface area contributed by atoms with Gasteiger partial charge in [0.05, 0.1) is 33.4 Å². The van der Waals surface area contributed by atoms with Gasteiger partial charge in [0.1, 0.15) is 17.3 Å². The van der Waals surface area contributed by atoms with Gasteiger partial charge in [-0.2, -0.15) is 0 Å². The van der Waals surface area contributed by atoms with Gasteiger partial charge in [-0.05, 0) is 246 Å². The molecule has 0 bridgehead atoms. The minimum Gasteiger partial charge on any atom is -0.458 e. The van der Waals surface area contributed by atoms with Crippen molar-refractivity contribution >= 4 is 32.8 Å². The first-order valence-electron chi connectivity index (χ1n) is 37.5. The molecule has 450 valence electrons. The van der Waals surface area contributed by atoms with E-state index < -0.39 is 32.8 Å². The number of benzene rings is 10. The second-order valence-electron chi connectivity index (χ2n) is 28.4. The predicted octanol–water partition coefficient (Wildman–Crippen LogP) is 22.5. The first kappa shape index (κ1) is 45.6. The molecule has 0 saturated carbocycles. The maximum atomic E-state index is 9.37. The van der Waals surface area contributed by atoms with Gasteiger partial charge in [-0.1, -0.05) is 191 Å². The Hall–Kier alpha value is -9.58. The molecular weight excluding hydrogens is 1100 g/mol. The van der Waals surface area contributed by atoms with Gasteiger partial charge < -0.3 is 4.74 Å². The highest BCUT2D eigenvalue weighted by Gasteiger charge is 2.39. The molecule has 0 N–H and O–H groups in total. The van der Waals surface area contributed by atoms with Gasteiger partial charge in [0.15, 0.2) is 0 Å². The highest BCUT2D eigenvalue weighted by atomic mass is 16.5. The van der Waals surface area contributed by atoms with Crippen molar-refractivity contribution in [1.29, 1.82) is 0 Å². The molecule has 3 aromatic heterocycles. The summed E-state index contributed by atoms with van der Waals surface area (Å²) in [6.45, 7) is 10.5. The van der Waals surface area contributed by atoms with Crippen molar-refractivity contribution in [2.75, 3.05) is 0 Å². The monoisotopic (exact) mass is 1200 g/mol. The number of ether oxygens (including phenoxy) is 1. The smallest absolute Gasteiger partial charge is 0.269 e. The van der Waals surface area contributed by atoms with Crippen LogP contribution in [0.2, 0.25) is 0 Å². The van der Waals surface area contributed by atoms with Crippen molar-refractivity contribution in [1.82, 2.24) is 14.1 Å². The number of hydrogen-bond acceptors (Lipinski definition) is 2. The summed E-state index contributed by atoms with van der Waals surface area (Å²) >= 11 is 0. The molecule has 0 saturated heterocycles. The standard InChI is InChI=1S/C86H80N4O/c1-52-22-19-23-53(2)79(52)58-43-71-69-50-74-73(85(11,12)39-40-86(74,13)14)49-68(69)64-28-15-16-29-65(64)70-42-57(56-32-34-59(35-33-56)83(5,6)7)45-77-82(70)89(81(71)72(44-58)80-54(3)24-20-25-55(80)4)51-88(77)61-26-21-27-62(47-61)91-63-36-37-67-66-30-17-18-31-75(66)90(76(67)48-63)78-46-60(38-41-87-78)84(8,9)10/h15-38,41-50H,39-40H2,1-14H3/i1D3,2D3,3D3,4D3. The van der Waals surface area contributed by atoms with E-state index in [1.807, 2.05) is 82.1 Å². The van der Waals surface area contributed by atoms with Crippen LogP contribution in [0.5, 0.6) is 11.5 Å². The van der Waals surface area contributed by atoms with Gasteiger partial charge in [-0.15, -0.1) is 0 Å². The lowest BCUT2D eigenvalue weighted by atomic mass is 9.62. The molecule has 5 nitrogen and oxygen atoms in total. The van der Waals surface area contributed by atoms with Crippen molar-refractivity contribution in [2.45, 2.75) is 131 Å². The van der Waals surface area contributed by atoms with Crippen LogP contribution in [0.25, 0.3) is 117 Å². The Morgan fingerprint density at radius 3 is 1.71 bits per heavy atom. The van der Waals surface area contributed by atoms with Crippen LogP contribution < -0.4 is 9.30 Å². The quantitative estimate of drug-likeness (QED) is 0.118. The lowest BCUT2D eigenvalue weighted by molar-refractivity contribution is -0.570. The molecule has 0 atom stereocenters. The molecule has 0 fully saturated rings. The first-order chi connectivity index (χ1) is 48.3. The summed E-state index contributed by atoms with van der Waals surface area (Å²) in [5.74, 6) is 1.85. The van der Waals surface area contributed by atoms with Crippen molar-refractivity contribution in [3.63, 3.8) is 0 Å². The molecule has 15 rings (SSSR count). The van der Waals surface area contributed by atoms with Crippen molar-refractivity contribution in [3.05, 3.63) is 257 Å². The number of aromatic nitrogens is 4. The zero-order chi connectivity index (χ0) is 73.2. The summed E-state index contributed by atoms with van der Waals surface area (Å²) in [6.07, 6.45) is 7.48. The van der Waals surface area contributed by atoms with Crippen molar-refractivity contribution in [2.24, 2.45) is 0 Å². The van der Waals surface area contributed by atoms with Gasteiger partial charge in [0.2, 0.25) is 0 Å². The molecule has 0 radical (unpaired) electrons. The Bertz CT molecular complexity index is 5570. The van der Waals surface area contributed by atoms with E-state index >= 15 is 0 Å². The summed E-state index contributed by atoms with van der Waals surface area (Å²) in [6, 6.07) is 64.1. The second kappa shape index (κ2) is 21.0. The largest absolute Gasteiger partial charge is 0.458 e. The summed E-state index contributed by atoms with van der Waals surface area (Å²) in [5.41, 5.74) is 12.7. The molecule has 91 heavy (non-hydrogen) atoms. The third-order valence-corrected chi connectivity index (χ3v) is 19.4. The van der Waals surface area contributed by atoms with E-state index in [9.17, 15) is 8.22 Å². The topological polar surface area (TPSA) is 35.9 Å². The number of para-hydroxylation sites is 1. The van der Waals surface area contributed by atoms with E-state index in [-0.39, 0.29) is 60.8 Å². The van der Waals surface area contributed by atoms with Crippen LogP contribution in [0.3, 0.4) is 0 Å². The average Bonchev–Trinajstić information content (AvgIpc) is 1.43. The van der Waals surface area contributed by atoms with Crippen LogP contribution >= 0.6 is 0 Å². The van der Waals surface area contributed by atoms with E-state index in [2.05, 4.69) is 171 Å². The Kier molecular flexibility index (Phi) is 10.5. The van der Waals surface area contributed by atoms with Crippen LogP contribution in [-0.4, -0.2) is 14.1 Å². The van der Waals surface area contributed by atoms with E-state index in [0.29, 0.717) is 45.0 Å². The van der Waals surface area contributed by atoms with Crippen LogP contribution in [0.4, 0.5) is 0 Å². The number of rotatable bonds is 7. The summed E-state index contributed by atoms with van der Waals surface area (Å²) < 4.78 is 124. The molecule has 2 aliphatic rings. The maximum Gasteiger partial charge on any atom is 0.269 e. The fourth-order valence-electron chi connectivity index (χ4n) is 14.3. The van der Waals surface area contributed by atoms with E-state index in [1.165, 1.54) is 36.4 Å². The molecule has 0 unspecified atom stereocenters. The first-order valence-corrected chi connectivity index (χ1v) is 31.5. The Morgan fingerprint density at radius 1 is 0.462 bits per heavy atom. The summed E-state index contributed by atoms with van der Waals surface area (Å²) in [7, 11) is 0. The number of pyridine rings is 1. The van der Waals surface area contributed by atoms with Crippen LogP contribution in [0, 0.1) is 33.7 Å². The molecule has 0 spiro atoms. The molecular formula is C86H80N4O. The third-order valence-electron chi connectivity index (χ3n) is 19.4. The number of hydrogen-bond donors (Lipinski definition) is 0. The lowest BCUT2D eigenvalue weighted by Crippen LogP contribution is -2.34. The van der Waals surface area contributed by atoms with E-state index in [4.69, 9.17) is 17.9 Å². The fourth-order valence-corrected chi connectivity index (χ4v) is 14.3. The van der Waals surface area contributed by atoms with Crippen molar-refractivity contribution < 1.29 is 25.8 Å². The Morgan fingerprint density at radius 2 is 1.04 bits per heavy atom. The van der Waals surface area contributed by atoms with Gasteiger partial charge in [-0.25, -0.2) is 4.98 Å². The fraction of sp³-hybridized carbons (Fsp3) is 0.233. The number of fused-ring (bicyclic) bond motifs is 11. The number of aryl methyl sites for hydroxylation is 4. The molecule has 1 aliphatic heterocycles. The normalized spacial score (nSPS) is 16.6. The molecule has 4 heterocycles. The highest BCUT2D eigenvalue weighted by molar-refractivity contribution is 6.10. The van der Waals surface area contributed by atoms with E-state index in [0.717, 1.165) is 96.1 Å². The number of nitrogens with zero attached hydrogens (tertiary/aromatic N) is 4. The molecule has 1 aliphatic carbocycles.